The Kier molecular flexibility index (Phi) is 6.97. The van der Waals surface area contributed by atoms with Gasteiger partial charge >= 0.3 is 11.7 Å². The standard InChI is InChI=1S/C20H22N2O6/c1-21(2)11-10-15-16(20(23)27-4)12-17(26-3)19(18(15)22(24)25)28-13-14-8-6-5-7-9-14/h5-12H,13H2,1-4H3/b11-10-. The van der Waals surface area contributed by atoms with E-state index in [0.29, 0.717) is 0 Å². The summed E-state index contributed by atoms with van der Waals surface area (Å²) in [5.41, 5.74) is 0.556. The van der Waals surface area contributed by atoms with Crippen LogP contribution in [0.15, 0.2) is 42.6 Å². The number of carbonyl (C=O) groups is 1. The van der Waals surface area contributed by atoms with Gasteiger partial charge in [0.1, 0.15) is 6.61 Å². The van der Waals surface area contributed by atoms with E-state index in [9.17, 15) is 14.9 Å². The van der Waals surface area contributed by atoms with Crippen LogP contribution in [0, 0.1) is 10.1 Å². The van der Waals surface area contributed by atoms with E-state index in [1.165, 1.54) is 26.4 Å². The number of esters is 1. The first-order valence-electron chi connectivity index (χ1n) is 8.38. The van der Waals surface area contributed by atoms with E-state index in [-0.39, 0.29) is 34.9 Å². The molecule has 2 rings (SSSR count). The van der Waals surface area contributed by atoms with Crippen molar-refractivity contribution in [1.29, 1.82) is 0 Å². The van der Waals surface area contributed by atoms with Gasteiger partial charge in [0.25, 0.3) is 0 Å². The lowest BCUT2D eigenvalue weighted by Crippen LogP contribution is -2.10. The fourth-order valence-corrected chi connectivity index (χ4v) is 2.51. The first kappa shape index (κ1) is 20.8. The third-order valence-electron chi connectivity index (χ3n) is 3.83. The number of hydrogen-bond acceptors (Lipinski definition) is 7. The number of methoxy groups -OCH3 is 2. The van der Waals surface area contributed by atoms with E-state index in [4.69, 9.17) is 14.2 Å². The smallest absolute Gasteiger partial charge is 0.338 e. The Morgan fingerprint density at radius 2 is 1.89 bits per heavy atom. The third kappa shape index (κ3) is 4.79. The van der Waals surface area contributed by atoms with Crippen molar-refractivity contribution < 1.29 is 23.9 Å². The SMILES string of the molecule is COC(=O)c1cc(OC)c(OCc2ccccc2)c([N+](=O)[O-])c1/C=C\N(C)C. The van der Waals surface area contributed by atoms with E-state index in [1.54, 1.807) is 25.2 Å². The van der Waals surface area contributed by atoms with Crippen LogP contribution in [-0.4, -0.2) is 44.1 Å². The monoisotopic (exact) mass is 386 g/mol. The molecule has 0 heterocycles. The molecule has 148 valence electrons. The van der Waals surface area contributed by atoms with Gasteiger partial charge in [0.05, 0.1) is 30.3 Å². The summed E-state index contributed by atoms with van der Waals surface area (Å²) in [6.07, 6.45) is 3.07. The zero-order chi connectivity index (χ0) is 20.7. The molecule has 0 radical (unpaired) electrons. The van der Waals surface area contributed by atoms with Crippen LogP contribution < -0.4 is 9.47 Å². The van der Waals surface area contributed by atoms with Crippen LogP contribution in [0.3, 0.4) is 0 Å². The number of nitrogens with zero attached hydrogens (tertiary/aromatic N) is 2. The average Bonchev–Trinajstić information content (AvgIpc) is 2.69. The number of nitro groups is 1. The number of benzene rings is 2. The van der Waals surface area contributed by atoms with E-state index >= 15 is 0 Å². The second kappa shape index (κ2) is 9.40. The van der Waals surface area contributed by atoms with Crippen molar-refractivity contribution in [2.24, 2.45) is 0 Å². The average molecular weight is 386 g/mol. The molecule has 2 aromatic carbocycles. The molecular weight excluding hydrogens is 364 g/mol. The normalized spacial score (nSPS) is 10.6. The van der Waals surface area contributed by atoms with Gasteiger partial charge in [-0.15, -0.1) is 0 Å². The van der Waals surface area contributed by atoms with Crippen molar-refractivity contribution in [3.63, 3.8) is 0 Å². The summed E-state index contributed by atoms with van der Waals surface area (Å²) >= 11 is 0. The highest BCUT2D eigenvalue weighted by Crippen LogP contribution is 2.43. The van der Waals surface area contributed by atoms with Crippen molar-refractivity contribution in [3.05, 3.63) is 69.4 Å². The van der Waals surface area contributed by atoms with Crippen molar-refractivity contribution in [3.8, 4) is 11.5 Å². The Bertz CT molecular complexity index is 878. The summed E-state index contributed by atoms with van der Waals surface area (Å²) in [7, 11) is 6.08. The van der Waals surface area contributed by atoms with Crippen molar-refractivity contribution in [1.82, 2.24) is 4.90 Å². The Balaban J connectivity index is 2.65. The van der Waals surface area contributed by atoms with Gasteiger partial charge in [-0.05, 0) is 23.9 Å². The first-order valence-corrected chi connectivity index (χ1v) is 8.38. The summed E-state index contributed by atoms with van der Waals surface area (Å²) in [4.78, 5) is 25.2. The summed E-state index contributed by atoms with van der Waals surface area (Å²) in [5.74, 6) is -0.693. The van der Waals surface area contributed by atoms with Crippen molar-refractivity contribution >= 4 is 17.7 Å². The molecule has 8 nitrogen and oxygen atoms in total. The molecule has 0 bridgehead atoms. The number of ether oxygens (including phenoxy) is 3. The van der Waals surface area contributed by atoms with Gasteiger partial charge in [-0.2, -0.15) is 0 Å². The van der Waals surface area contributed by atoms with E-state index in [0.717, 1.165) is 5.56 Å². The highest BCUT2D eigenvalue weighted by atomic mass is 16.6. The van der Waals surface area contributed by atoms with E-state index < -0.39 is 10.9 Å². The fourth-order valence-electron chi connectivity index (χ4n) is 2.51. The van der Waals surface area contributed by atoms with Gasteiger partial charge in [-0.3, -0.25) is 10.1 Å². The molecule has 0 N–H and O–H groups in total. The molecule has 28 heavy (non-hydrogen) atoms. The van der Waals surface area contributed by atoms with Gasteiger partial charge in [-0.25, -0.2) is 4.79 Å². The summed E-state index contributed by atoms with van der Waals surface area (Å²) < 4.78 is 15.8. The van der Waals surface area contributed by atoms with Crippen LogP contribution in [0.1, 0.15) is 21.5 Å². The molecule has 0 aliphatic heterocycles. The minimum Gasteiger partial charge on any atom is -0.493 e. The molecule has 2 aromatic rings. The fraction of sp³-hybridized carbons (Fsp3) is 0.250. The maximum atomic E-state index is 12.2. The Hall–Kier alpha value is -3.55. The second-order valence-electron chi connectivity index (χ2n) is 6.02. The number of rotatable bonds is 8. The maximum absolute atomic E-state index is 12.2. The summed E-state index contributed by atoms with van der Waals surface area (Å²) in [5, 5.41) is 11.9. The zero-order valence-corrected chi connectivity index (χ0v) is 16.2. The lowest BCUT2D eigenvalue weighted by molar-refractivity contribution is -0.386. The van der Waals surface area contributed by atoms with Crippen LogP contribution in [-0.2, 0) is 11.3 Å². The Morgan fingerprint density at radius 3 is 2.43 bits per heavy atom. The molecule has 0 amide bonds. The number of carbonyl (C=O) groups excluding carboxylic acids is 1. The molecule has 0 aliphatic carbocycles. The number of hydrogen-bond donors (Lipinski definition) is 0. The molecule has 0 spiro atoms. The molecule has 0 unspecified atom stereocenters. The molecular formula is C20H22N2O6. The van der Waals surface area contributed by atoms with Crippen LogP contribution in [0.25, 0.3) is 6.08 Å². The number of nitro benzene ring substituents is 1. The van der Waals surface area contributed by atoms with E-state index in [2.05, 4.69) is 0 Å². The topological polar surface area (TPSA) is 91.1 Å². The lowest BCUT2D eigenvalue weighted by Gasteiger charge is -2.15. The quantitative estimate of drug-likeness (QED) is 0.389. The molecule has 0 aliphatic rings. The van der Waals surface area contributed by atoms with Crippen LogP contribution >= 0.6 is 0 Å². The predicted molar refractivity (Wildman–Crippen MR) is 104 cm³/mol. The zero-order valence-electron chi connectivity index (χ0n) is 16.2. The molecule has 0 aromatic heterocycles. The molecule has 0 saturated heterocycles. The Morgan fingerprint density at radius 1 is 1.21 bits per heavy atom. The van der Waals surface area contributed by atoms with Crippen LogP contribution in [0.2, 0.25) is 0 Å². The van der Waals surface area contributed by atoms with Gasteiger partial charge in [-0.1, -0.05) is 30.3 Å². The predicted octanol–water partition coefficient (Wildman–Crippen LogP) is 3.50. The lowest BCUT2D eigenvalue weighted by atomic mass is 10.0. The summed E-state index contributed by atoms with van der Waals surface area (Å²) in [6.45, 7) is 0.104. The molecule has 0 fully saturated rings. The Labute approximate surface area is 163 Å². The highest BCUT2D eigenvalue weighted by molar-refractivity contribution is 5.97. The van der Waals surface area contributed by atoms with Gasteiger partial charge < -0.3 is 19.1 Å². The third-order valence-corrected chi connectivity index (χ3v) is 3.83. The van der Waals surface area contributed by atoms with Crippen molar-refractivity contribution in [2.45, 2.75) is 6.61 Å². The van der Waals surface area contributed by atoms with Crippen LogP contribution in [0.4, 0.5) is 5.69 Å². The largest absolute Gasteiger partial charge is 0.493 e. The molecule has 0 atom stereocenters. The minimum atomic E-state index is -0.714. The van der Waals surface area contributed by atoms with Gasteiger partial charge in [0.15, 0.2) is 5.75 Å². The van der Waals surface area contributed by atoms with Gasteiger partial charge in [0, 0.05) is 14.1 Å². The van der Waals surface area contributed by atoms with Crippen LogP contribution in [0.5, 0.6) is 11.5 Å². The molecule has 8 heteroatoms. The molecule has 0 saturated carbocycles. The first-order chi connectivity index (χ1) is 13.4. The maximum Gasteiger partial charge on any atom is 0.338 e. The minimum absolute atomic E-state index is 0.0104. The van der Waals surface area contributed by atoms with E-state index in [1.807, 2.05) is 30.3 Å². The highest BCUT2D eigenvalue weighted by Gasteiger charge is 2.30. The second-order valence-corrected chi connectivity index (χ2v) is 6.02. The van der Waals surface area contributed by atoms with Crippen molar-refractivity contribution in [2.75, 3.05) is 28.3 Å². The summed E-state index contributed by atoms with van der Waals surface area (Å²) in [6, 6.07) is 10.6. The van der Waals surface area contributed by atoms with Gasteiger partial charge in [0.2, 0.25) is 5.75 Å².